The van der Waals surface area contributed by atoms with Gasteiger partial charge in [0.2, 0.25) is 6.41 Å². The van der Waals surface area contributed by atoms with Crippen molar-refractivity contribution >= 4 is 37.5 Å². The van der Waals surface area contributed by atoms with Gasteiger partial charge >= 0.3 is 0 Å². The zero-order chi connectivity index (χ0) is 60.4. The van der Waals surface area contributed by atoms with Gasteiger partial charge < -0.3 is 48.1 Å². The normalized spacial score (nSPS) is 21.9. The van der Waals surface area contributed by atoms with E-state index in [2.05, 4.69) is 32.2 Å². The van der Waals surface area contributed by atoms with E-state index in [0.717, 1.165) is 152 Å². The molecule has 1 heterocycles. The van der Waals surface area contributed by atoms with Gasteiger partial charge in [-0.3, -0.25) is 14.9 Å². The second-order valence-corrected chi connectivity index (χ2v) is 25.4. The monoisotopic (exact) mass is 1210 g/mol. The standard InChI is InChI=1S/C68H123NO12S2/c1-7-8-9-22-39-75-40-23-16-25-42-77-45-47-79-48-46-78-43-26-17-24-41-76-44-27-28-59-33-35-60(36-34-59)50-58(5)65(80-54-70)37-32-55(2)49-56(3)63(71)53-64(72)57(4)51-62(82)30-19-15-20-31-67(83)66(74-6)52-61-29-18-13-11-10-12-14-21-38-69-68(73)81-61/h15,19-20,30-31,49,54-55,57-63,65-66,68-69,71,73,82-83H,7-14,16-18,21-29,32-48,50-53H2,1-6H3/b20-15+,30-19+,56-49+,67-31-/t55?,57?,58-,59?,60?,61?,62?,63?,65?,66+,68-/m1/s1. The Morgan fingerprint density at radius 2 is 1.24 bits per heavy atom. The molecule has 2 fully saturated rings. The highest BCUT2D eigenvalue weighted by atomic mass is 32.1. The first-order valence-corrected chi connectivity index (χ1v) is 34.2. The molecule has 0 bridgehead atoms. The molecule has 0 aromatic rings. The molecule has 13 nitrogen and oxygen atoms in total. The maximum atomic E-state index is 13.3. The van der Waals surface area contributed by atoms with Crippen LogP contribution in [0.4, 0.5) is 0 Å². The number of aliphatic hydroxyl groups is 2. The van der Waals surface area contributed by atoms with E-state index in [1.165, 1.54) is 83.5 Å². The van der Waals surface area contributed by atoms with Gasteiger partial charge in [-0.2, -0.15) is 12.6 Å². The van der Waals surface area contributed by atoms with E-state index in [1.807, 2.05) is 44.2 Å². The van der Waals surface area contributed by atoms with Gasteiger partial charge in [-0.25, -0.2) is 0 Å². The Kier molecular flexibility index (Phi) is 49.9. The van der Waals surface area contributed by atoms with Crippen molar-refractivity contribution < 1.29 is 57.7 Å². The van der Waals surface area contributed by atoms with Gasteiger partial charge in [-0.05, 0) is 139 Å². The van der Waals surface area contributed by atoms with E-state index in [-0.39, 0.29) is 53.5 Å². The van der Waals surface area contributed by atoms with Crippen LogP contribution in [0.25, 0.3) is 0 Å². The van der Waals surface area contributed by atoms with Gasteiger partial charge in [0.05, 0.1) is 44.7 Å². The maximum absolute atomic E-state index is 13.3. The largest absolute Gasteiger partial charge is 0.464 e. The molecule has 6 unspecified atom stereocenters. The Balaban J connectivity index is 1.55. The van der Waals surface area contributed by atoms with Crippen LogP contribution in [0.5, 0.6) is 0 Å². The van der Waals surface area contributed by atoms with Crippen LogP contribution in [0.1, 0.15) is 227 Å². The van der Waals surface area contributed by atoms with E-state index >= 15 is 0 Å². The van der Waals surface area contributed by atoms with Crippen LogP contribution >= 0.6 is 25.3 Å². The van der Waals surface area contributed by atoms with Crippen LogP contribution in [0.2, 0.25) is 0 Å². The molecule has 0 radical (unpaired) electrons. The first-order chi connectivity index (χ1) is 40.4. The number of ketones is 1. The number of rotatable bonds is 49. The highest BCUT2D eigenvalue weighted by Gasteiger charge is 2.28. The van der Waals surface area contributed by atoms with Crippen molar-refractivity contribution in [2.45, 2.75) is 263 Å². The lowest BCUT2D eigenvalue weighted by atomic mass is 9.76. The van der Waals surface area contributed by atoms with Gasteiger partial charge in [0.25, 0.3) is 6.47 Å². The molecule has 15 heteroatoms. The summed E-state index contributed by atoms with van der Waals surface area (Å²) in [5.41, 5.74) is 0.791. The summed E-state index contributed by atoms with van der Waals surface area (Å²) in [6.07, 6.45) is 41.0. The van der Waals surface area contributed by atoms with Crippen LogP contribution < -0.4 is 5.32 Å². The number of carbonyl (C=O) groups excluding carboxylic acids is 2. The van der Waals surface area contributed by atoms with Crippen LogP contribution in [-0.2, 0) is 47.5 Å². The second-order valence-electron chi connectivity index (χ2n) is 24.3. The Labute approximate surface area is 517 Å². The smallest absolute Gasteiger partial charge is 0.293 e. The van der Waals surface area contributed by atoms with Gasteiger partial charge in [-0.1, -0.05) is 148 Å². The first-order valence-electron chi connectivity index (χ1n) is 33.2. The van der Waals surface area contributed by atoms with Crippen LogP contribution in [0.3, 0.4) is 0 Å². The molecular formula is C68H123NO12S2. The average molecular weight is 1210 g/mol. The predicted octanol–water partition coefficient (Wildman–Crippen LogP) is 14.9. The van der Waals surface area contributed by atoms with Gasteiger partial charge in [0.15, 0.2) is 0 Å². The number of Topliss-reactive ketones (excluding diaryl/α,β-unsaturated/α-hetero) is 1. The van der Waals surface area contributed by atoms with Gasteiger partial charge in [0, 0.05) is 75.7 Å². The molecule has 9 atom stereocenters. The number of unbranched alkanes of at least 4 members (excludes halogenated alkanes) is 7. The zero-order valence-electron chi connectivity index (χ0n) is 53.3. The minimum Gasteiger partial charge on any atom is -0.464 e. The van der Waals surface area contributed by atoms with E-state index < -0.39 is 12.5 Å². The van der Waals surface area contributed by atoms with E-state index in [1.54, 1.807) is 7.11 Å². The number of aliphatic hydroxyl groups excluding tert-OH is 2. The number of hydrogen-bond acceptors (Lipinski definition) is 15. The number of nitrogens with one attached hydrogen (secondary N) is 1. The fourth-order valence-corrected chi connectivity index (χ4v) is 12.1. The molecule has 2 aliphatic rings. The number of carbonyl (C=O) groups is 2. The zero-order valence-corrected chi connectivity index (χ0v) is 55.0. The van der Waals surface area contributed by atoms with Crippen molar-refractivity contribution in [1.29, 1.82) is 0 Å². The van der Waals surface area contributed by atoms with Crippen molar-refractivity contribution in [3.8, 4) is 0 Å². The van der Waals surface area contributed by atoms with E-state index in [9.17, 15) is 19.8 Å². The van der Waals surface area contributed by atoms with E-state index in [0.29, 0.717) is 51.7 Å². The highest BCUT2D eigenvalue weighted by molar-refractivity contribution is 7.84. The predicted molar refractivity (Wildman–Crippen MR) is 346 cm³/mol. The highest BCUT2D eigenvalue weighted by Crippen LogP contribution is 2.36. The third-order valence-corrected chi connectivity index (χ3v) is 17.6. The van der Waals surface area contributed by atoms with E-state index in [4.69, 9.17) is 63.2 Å². The minimum atomic E-state index is -0.997. The molecule has 1 aliphatic carbocycles. The van der Waals surface area contributed by atoms with Crippen molar-refractivity contribution in [3.05, 3.63) is 46.9 Å². The lowest BCUT2D eigenvalue weighted by molar-refractivity contribution is -0.162. The summed E-state index contributed by atoms with van der Waals surface area (Å²) in [5, 5.41) is 24.5. The number of hydrogen-bond donors (Lipinski definition) is 5. The number of ether oxygens (including phenoxy) is 8. The van der Waals surface area contributed by atoms with Crippen molar-refractivity contribution in [2.24, 2.45) is 29.6 Å². The second kappa shape index (κ2) is 53.4. The minimum absolute atomic E-state index is 0.0106. The lowest BCUT2D eigenvalue weighted by Gasteiger charge is -2.32. The third-order valence-electron chi connectivity index (χ3n) is 16.8. The molecule has 0 aromatic carbocycles. The van der Waals surface area contributed by atoms with Crippen LogP contribution in [-0.4, -0.2) is 138 Å². The summed E-state index contributed by atoms with van der Waals surface area (Å²) < 4.78 is 46.2. The topological polar surface area (TPSA) is 160 Å². The maximum Gasteiger partial charge on any atom is 0.293 e. The first kappa shape index (κ1) is 77.5. The van der Waals surface area contributed by atoms with Gasteiger partial charge in [0.1, 0.15) is 11.9 Å². The summed E-state index contributed by atoms with van der Waals surface area (Å²) in [6.45, 7) is 19.2. The van der Waals surface area contributed by atoms with Crippen molar-refractivity contribution in [3.63, 3.8) is 0 Å². The molecule has 0 spiro atoms. The lowest BCUT2D eigenvalue weighted by Crippen LogP contribution is -2.37. The SMILES string of the molecule is CCCCCCOCCCCCOCCOCCOCCCCCOCCCC1CCC(C[C@@H](C)C(CCC(C)/C=C(\C)C(O)CC(=O)C(C)CC(S)/C=C/C=C/C=C(\S)[C@H](CC2CCCCCCCCCN[C@H](O)O2)OC)OC=O)CC1. The van der Waals surface area contributed by atoms with Crippen molar-refractivity contribution in [2.75, 3.05) is 79.7 Å². The Bertz CT molecular complexity index is 1660. The summed E-state index contributed by atoms with van der Waals surface area (Å²) >= 11 is 9.48. The molecule has 83 heavy (non-hydrogen) atoms. The molecular weight excluding hydrogens is 1090 g/mol. The van der Waals surface area contributed by atoms with Crippen LogP contribution in [0.15, 0.2) is 46.9 Å². The molecule has 2 rings (SSSR count). The Morgan fingerprint density at radius 1 is 0.687 bits per heavy atom. The summed E-state index contributed by atoms with van der Waals surface area (Å²) in [4.78, 5) is 25.6. The molecule has 3 N–H and O–H groups in total. The fraction of sp³-hybridized carbons (Fsp3) is 0.853. The molecule has 0 aromatic heterocycles. The molecule has 1 aliphatic heterocycles. The molecule has 1 saturated heterocycles. The fourth-order valence-electron chi connectivity index (χ4n) is 11.4. The summed E-state index contributed by atoms with van der Waals surface area (Å²) in [5.74, 6) is 1.60. The quantitative estimate of drug-likeness (QED) is 0.0129. The Hall–Kier alpha value is -1.60. The molecule has 484 valence electrons. The van der Waals surface area contributed by atoms with Crippen LogP contribution in [0, 0.1) is 29.6 Å². The number of methoxy groups -OCH3 is 1. The molecule has 0 amide bonds. The summed E-state index contributed by atoms with van der Waals surface area (Å²) in [6, 6.07) is 0. The molecule has 1 saturated carbocycles. The van der Waals surface area contributed by atoms with Gasteiger partial charge in [-0.15, -0.1) is 12.6 Å². The number of allylic oxidation sites excluding steroid dienone is 5. The average Bonchev–Trinajstić information content (AvgIpc) is 3.53. The Morgan fingerprint density at radius 3 is 1.84 bits per heavy atom. The van der Waals surface area contributed by atoms with Crippen molar-refractivity contribution in [1.82, 2.24) is 5.32 Å². The number of thiol groups is 2. The summed E-state index contributed by atoms with van der Waals surface area (Å²) in [7, 11) is 1.67. The third kappa shape index (κ3) is 42.8.